The van der Waals surface area contributed by atoms with E-state index in [0.29, 0.717) is 12.8 Å². The lowest BCUT2D eigenvalue weighted by Gasteiger charge is -2.15. The molecule has 0 rings (SSSR count). The third kappa shape index (κ3) is 30.3. The summed E-state index contributed by atoms with van der Waals surface area (Å²) in [5.41, 5.74) is 0. The quantitative estimate of drug-likeness (QED) is 0.0246. The van der Waals surface area contributed by atoms with E-state index in [1.54, 1.807) is 0 Å². The van der Waals surface area contributed by atoms with Crippen LogP contribution in [0.5, 0.6) is 0 Å². The molecular weight excluding hydrogens is 556 g/mol. The molecule has 2 N–H and O–H groups in total. The van der Waals surface area contributed by atoms with Gasteiger partial charge in [0.1, 0.15) is 12.7 Å². The van der Waals surface area contributed by atoms with Gasteiger partial charge in [-0.3, -0.25) is 14.8 Å². The third-order valence-corrected chi connectivity index (χ3v) is 7.97. The number of carbonyl (C=O) groups excluding carboxylic acids is 2. The van der Waals surface area contributed by atoms with Gasteiger partial charge in [0.25, 0.3) is 0 Å². The van der Waals surface area contributed by atoms with Gasteiger partial charge < -0.3 is 14.6 Å². The Morgan fingerprint density at radius 2 is 1.14 bits per heavy atom. The molecular formula is C37H68O7. The largest absolute Gasteiger partial charge is 0.462 e. The summed E-state index contributed by atoms with van der Waals surface area (Å²) in [7, 11) is 0. The van der Waals surface area contributed by atoms with Crippen molar-refractivity contribution >= 4 is 11.9 Å². The maximum atomic E-state index is 12.1. The molecule has 7 heteroatoms. The minimum atomic E-state index is -0.797. The molecule has 0 aliphatic rings. The Labute approximate surface area is 270 Å². The molecule has 0 aliphatic heterocycles. The molecule has 2 atom stereocenters. The summed E-state index contributed by atoms with van der Waals surface area (Å²) in [6, 6.07) is 0. The number of rotatable bonds is 33. The first-order valence-corrected chi connectivity index (χ1v) is 18.2. The van der Waals surface area contributed by atoms with Crippen LogP contribution in [-0.2, 0) is 24.0 Å². The first kappa shape index (κ1) is 42.3. The van der Waals surface area contributed by atoms with E-state index < -0.39 is 6.10 Å². The molecule has 0 fully saturated rings. The van der Waals surface area contributed by atoms with Gasteiger partial charge >= 0.3 is 11.9 Å². The maximum Gasteiger partial charge on any atom is 0.306 e. The van der Waals surface area contributed by atoms with Crippen molar-refractivity contribution in [1.29, 1.82) is 0 Å². The number of ether oxygens (including phenoxy) is 2. The Morgan fingerprint density at radius 3 is 1.68 bits per heavy atom. The average Bonchev–Trinajstić information content (AvgIpc) is 3.03. The van der Waals surface area contributed by atoms with Crippen molar-refractivity contribution in [2.75, 3.05) is 13.2 Å². The van der Waals surface area contributed by atoms with Gasteiger partial charge in [0.15, 0.2) is 6.10 Å². The lowest BCUT2D eigenvalue weighted by Crippen LogP contribution is -2.28. The summed E-state index contributed by atoms with van der Waals surface area (Å²) in [5.74, 6) is -0.648. The van der Waals surface area contributed by atoms with Gasteiger partial charge in [-0.1, -0.05) is 154 Å². The van der Waals surface area contributed by atoms with Crippen LogP contribution >= 0.6 is 0 Å². The van der Waals surface area contributed by atoms with Crippen molar-refractivity contribution in [3.05, 3.63) is 24.3 Å². The Balaban J connectivity index is 3.68. The smallest absolute Gasteiger partial charge is 0.306 e. The number of esters is 2. The van der Waals surface area contributed by atoms with Crippen molar-refractivity contribution in [3.8, 4) is 0 Å². The summed E-state index contributed by atoms with van der Waals surface area (Å²) < 4.78 is 10.5. The van der Waals surface area contributed by atoms with Crippen LogP contribution in [0.15, 0.2) is 24.3 Å². The van der Waals surface area contributed by atoms with Crippen LogP contribution in [0, 0.1) is 0 Å². The molecule has 258 valence electrons. The molecule has 0 aromatic heterocycles. The van der Waals surface area contributed by atoms with Crippen LogP contribution in [0.2, 0.25) is 0 Å². The van der Waals surface area contributed by atoms with Gasteiger partial charge in [0, 0.05) is 12.8 Å². The van der Waals surface area contributed by atoms with Crippen LogP contribution < -0.4 is 0 Å². The molecule has 0 aromatic rings. The number of unbranched alkanes of at least 4 members (excludes halogenated alkanes) is 19. The predicted octanol–water partition coefficient (Wildman–Crippen LogP) is 10.2. The van der Waals surface area contributed by atoms with Gasteiger partial charge in [-0.2, -0.15) is 0 Å². The van der Waals surface area contributed by atoms with Crippen molar-refractivity contribution in [2.24, 2.45) is 0 Å². The lowest BCUT2D eigenvalue weighted by atomic mass is 10.0. The Kier molecular flexibility index (Phi) is 32.9. The normalized spacial score (nSPS) is 13.1. The number of hydrogen-bond donors (Lipinski definition) is 2. The van der Waals surface area contributed by atoms with Gasteiger partial charge in [0.2, 0.25) is 0 Å². The van der Waals surface area contributed by atoms with Crippen LogP contribution in [-0.4, -0.2) is 47.7 Å². The standard InChI is InChI=1S/C37H68O7/c1-3-5-7-8-9-10-11-12-13-16-19-22-26-30-36(39)42-33-35(32-38)43-37(40)31-27-23-20-17-14-15-18-21-25-29-34(44-41)28-24-6-4-2/h18,21,25,29,34-35,38,41H,3-17,19-20,22-24,26-28,30-33H2,1-2H3/b21-18+,29-25+. The number of aliphatic hydroxyl groups excluding tert-OH is 1. The van der Waals surface area contributed by atoms with E-state index in [-0.39, 0.29) is 31.3 Å². The summed E-state index contributed by atoms with van der Waals surface area (Å²) in [6.45, 7) is 3.96. The van der Waals surface area contributed by atoms with Crippen molar-refractivity contribution in [1.82, 2.24) is 0 Å². The third-order valence-electron chi connectivity index (χ3n) is 7.97. The van der Waals surface area contributed by atoms with E-state index in [1.165, 1.54) is 64.2 Å². The lowest BCUT2D eigenvalue weighted by molar-refractivity contribution is -0.267. The summed E-state index contributed by atoms with van der Waals surface area (Å²) in [4.78, 5) is 28.7. The number of allylic oxidation sites excluding steroid dienone is 3. The first-order valence-electron chi connectivity index (χ1n) is 18.2. The fourth-order valence-corrected chi connectivity index (χ4v) is 5.12. The summed E-state index contributed by atoms with van der Waals surface area (Å²) in [5, 5.41) is 18.5. The molecule has 0 aromatic carbocycles. The zero-order chi connectivity index (χ0) is 32.4. The van der Waals surface area contributed by atoms with Crippen molar-refractivity contribution < 1.29 is 34.3 Å². The predicted molar refractivity (Wildman–Crippen MR) is 180 cm³/mol. The molecule has 0 spiro atoms. The molecule has 0 radical (unpaired) electrons. The molecule has 7 nitrogen and oxygen atoms in total. The molecule has 0 aliphatic carbocycles. The zero-order valence-corrected chi connectivity index (χ0v) is 28.5. The van der Waals surface area contributed by atoms with Crippen LogP contribution in [0.1, 0.15) is 174 Å². The fourth-order valence-electron chi connectivity index (χ4n) is 5.12. The first-order chi connectivity index (χ1) is 21.6. The highest BCUT2D eigenvalue weighted by Gasteiger charge is 2.16. The SMILES string of the molecule is CCCCCCCCCCCCCCCC(=O)OCC(CO)OC(=O)CCCCCCC/C=C/C=C/C(CCCCC)OO. The molecule has 0 bridgehead atoms. The zero-order valence-electron chi connectivity index (χ0n) is 28.5. The highest BCUT2D eigenvalue weighted by molar-refractivity contribution is 5.70. The van der Waals surface area contributed by atoms with E-state index in [1.807, 2.05) is 18.2 Å². The van der Waals surface area contributed by atoms with Crippen molar-refractivity contribution in [2.45, 2.75) is 187 Å². The molecule has 0 heterocycles. The van der Waals surface area contributed by atoms with E-state index in [4.69, 9.17) is 14.7 Å². The van der Waals surface area contributed by atoms with E-state index in [0.717, 1.165) is 83.5 Å². The number of hydrogen-bond acceptors (Lipinski definition) is 7. The second kappa shape index (κ2) is 34.2. The minimum absolute atomic E-state index is 0.0885. The monoisotopic (exact) mass is 624 g/mol. The molecule has 0 saturated carbocycles. The highest BCUT2D eigenvalue weighted by atomic mass is 17.1. The molecule has 2 unspecified atom stereocenters. The highest BCUT2D eigenvalue weighted by Crippen LogP contribution is 2.14. The Hall–Kier alpha value is -1.70. The van der Waals surface area contributed by atoms with Gasteiger partial charge in [0.05, 0.1) is 6.61 Å². The van der Waals surface area contributed by atoms with Crippen LogP contribution in [0.25, 0.3) is 0 Å². The average molecular weight is 625 g/mol. The van der Waals surface area contributed by atoms with E-state index in [9.17, 15) is 14.7 Å². The van der Waals surface area contributed by atoms with E-state index in [2.05, 4.69) is 24.8 Å². The number of aliphatic hydroxyl groups is 1. The molecule has 0 saturated heterocycles. The van der Waals surface area contributed by atoms with Gasteiger partial charge in [-0.25, -0.2) is 4.89 Å². The van der Waals surface area contributed by atoms with E-state index >= 15 is 0 Å². The Bertz CT molecular complexity index is 691. The summed E-state index contributed by atoms with van der Waals surface area (Å²) in [6.07, 6.45) is 34.0. The summed E-state index contributed by atoms with van der Waals surface area (Å²) >= 11 is 0. The Morgan fingerprint density at radius 1 is 0.636 bits per heavy atom. The second-order valence-electron chi connectivity index (χ2n) is 12.2. The number of carbonyl (C=O) groups is 2. The van der Waals surface area contributed by atoms with Gasteiger partial charge in [-0.15, -0.1) is 0 Å². The molecule has 44 heavy (non-hydrogen) atoms. The minimum Gasteiger partial charge on any atom is -0.462 e. The van der Waals surface area contributed by atoms with Crippen LogP contribution in [0.4, 0.5) is 0 Å². The second-order valence-corrected chi connectivity index (χ2v) is 12.2. The fraction of sp³-hybridized carbons (Fsp3) is 0.838. The molecule has 0 amide bonds. The van der Waals surface area contributed by atoms with Crippen molar-refractivity contribution in [3.63, 3.8) is 0 Å². The topological polar surface area (TPSA) is 102 Å². The van der Waals surface area contributed by atoms with Gasteiger partial charge in [-0.05, 0) is 32.1 Å². The van der Waals surface area contributed by atoms with Crippen LogP contribution in [0.3, 0.4) is 0 Å². The maximum absolute atomic E-state index is 12.1.